The Bertz CT molecular complexity index is 1160. The van der Waals surface area contributed by atoms with Gasteiger partial charge in [-0.25, -0.2) is 4.39 Å². The summed E-state index contributed by atoms with van der Waals surface area (Å²) < 4.78 is 15.0. The van der Waals surface area contributed by atoms with Gasteiger partial charge >= 0.3 is 0 Å². The van der Waals surface area contributed by atoms with E-state index in [1.54, 1.807) is 6.07 Å². The van der Waals surface area contributed by atoms with Crippen molar-refractivity contribution >= 4 is 22.3 Å². The number of anilines is 2. The summed E-state index contributed by atoms with van der Waals surface area (Å²) in [5, 5.41) is 23.0. The zero-order valence-corrected chi connectivity index (χ0v) is 18.4. The number of nitrogens with one attached hydrogen (secondary N) is 1. The molecule has 1 atom stereocenters. The first kappa shape index (κ1) is 21.0. The summed E-state index contributed by atoms with van der Waals surface area (Å²) in [6, 6.07) is 11.3. The molecule has 0 radical (unpaired) electrons. The molecule has 0 saturated carbocycles. The molecule has 2 heterocycles. The summed E-state index contributed by atoms with van der Waals surface area (Å²) >= 11 is 0. The van der Waals surface area contributed by atoms with E-state index in [0.717, 1.165) is 48.1 Å². The molecule has 31 heavy (non-hydrogen) atoms. The topological polar surface area (TPSA) is 68.1 Å². The predicted molar refractivity (Wildman–Crippen MR) is 122 cm³/mol. The van der Waals surface area contributed by atoms with E-state index in [1.165, 1.54) is 0 Å². The van der Waals surface area contributed by atoms with Crippen LogP contribution in [0, 0.1) is 31.0 Å². The molecule has 0 unspecified atom stereocenters. The normalized spacial score (nSPS) is 15.7. The van der Waals surface area contributed by atoms with Crippen molar-refractivity contribution < 1.29 is 4.39 Å². The van der Waals surface area contributed by atoms with Crippen LogP contribution >= 0.6 is 0 Å². The molecule has 2 aromatic carbocycles. The zero-order chi connectivity index (χ0) is 22.1. The van der Waals surface area contributed by atoms with Crippen LogP contribution in [-0.4, -0.2) is 48.3 Å². The highest BCUT2D eigenvalue weighted by Gasteiger charge is 2.21. The minimum absolute atomic E-state index is 0.0920. The lowest BCUT2D eigenvalue weighted by molar-refractivity contribution is 0.312. The summed E-state index contributed by atoms with van der Waals surface area (Å²) in [5.41, 5.74) is 3.92. The molecule has 1 aliphatic heterocycles. The number of nitriles is 1. The van der Waals surface area contributed by atoms with Crippen LogP contribution in [0.4, 0.5) is 15.9 Å². The molecule has 6 nitrogen and oxygen atoms in total. The molecule has 160 valence electrons. The van der Waals surface area contributed by atoms with Crippen LogP contribution in [0.25, 0.3) is 10.8 Å². The number of aryl methyl sites for hydroxylation is 1. The van der Waals surface area contributed by atoms with Gasteiger partial charge in [0.25, 0.3) is 0 Å². The Hall–Kier alpha value is -3.24. The summed E-state index contributed by atoms with van der Waals surface area (Å²) in [4.78, 5) is 4.34. The van der Waals surface area contributed by atoms with Gasteiger partial charge < -0.3 is 15.1 Å². The number of hydrogen-bond donors (Lipinski definition) is 1. The average Bonchev–Trinajstić information content (AvgIpc) is 2.76. The van der Waals surface area contributed by atoms with Gasteiger partial charge in [0.05, 0.1) is 29.1 Å². The molecule has 1 aliphatic rings. The molecule has 1 fully saturated rings. The van der Waals surface area contributed by atoms with Gasteiger partial charge in [0.1, 0.15) is 5.82 Å². The molecule has 4 rings (SSSR count). The van der Waals surface area contributed by atoms with Crippen molar-refractivity contribution in [1.29, 1.82) is 5.26 Å². The first-order chi connectivity index (χ1) is 14.9. The minimum Gasteiger partial charge on any atom is -0.367 e. The molecule has 0 spiro atoms. The lowest BCUT2D eigenvalue weighted by atomic mass is 9.98. The fraction of sp³-hybridized carbons (Fsp3) is 0.375. The number of rotatable bonds is 4. The Labute approximate surface area is 182 Å². The van der Waals surface area contributed by atoms with Gasteiger partial charge in [-0.05, 0) is 57.1 Å². The molecule has 1 aromatic heterocycles. The van der Waals surface area contributed by atoms with E-state index in [1.807, 2.05) is 45.0 Å². The number of likely N-dealkylation sites (N-methyl/N-ethyl adjacent to an activating group) is 1. The number of fused-ring (bicyclic) bond motifs is 1. The van der Waals surface area contributed by atoms with Crippen LogP contribution in [-0.2, 0) is 0 Å². The van der Waals surface area contributed by atoms with Gasteiger partial charge in [-0.1, -0.05) is 12.1 Å². The van der Waals surface area contributed by atoms with Gasteiger partial charge in [-0.2, -0.15) is 10.4 Å². The molecule has 0 aliphatic carbocycles. The van der Waals surface area contributed by atoms with E-state index < -0.39 is 0 Å². The standard InChI is InChI=1S/C24H27FN6/c1-15-18(14-26)6-5-7-19(15)16(2)27-24-21-13-23(31-10-8-30(4)9-11-31)22(25)12-20(21)17(3)28-29-24/h5-7,12-13,16H,8-11H2,1-4H3,(H,27,29)/t16-/m1/s1. The molecule has 1 saturated heterocycles. The molecule has 1 N–H and O–H groups in total. The van der Waals surface area contributed by atoms with E-state index in [9.17, 15) is 5.26 Å². The number of nitrogens with zero attached hydrogens (tertiary/aromatic N) is 5. The van der Waals surface area contributed by atoms with Crippen molar-refractivity contribution in [2.24, 2.45) is 0 Å². The molecular weight excluding hydrogens is 391 g/mol. The summed E-state index contributed by atoms with van der Waals surface area (Å²) in [5.74, 6) is 0.384. The highest BCUT2D eigenvalue weighted by Crippen LogP contribution is 2.33. The fourth-order valence-corrected chi connectivity index (χ4v) is 4.21. The van der Waals surface area contributed by atoms with Crippen molar-refractivity contribution in [2.75, 3.05) is 43.4 Å². The predicted octanol–water partition coefficient (Wildman–Crippen LogP) is 4.18. The third-order valence-corrected chi connectivity index (χ3v) is 6.19. The van der Waals surface area contributed by atoms with Crippen LogP contribution < -0.4 is 10.2 Å². The first-order valence-corrected chi connectivity index (χ1v) is 10.5. The summed E-state index contributed by atoms with van der Waals surface area (Å²) in [6.45, 7) is 9.21. The van der Waals surface area contributed by atoms with Crippen LogP contribution in [0.1, 0.15) is 35.3 Å². The quantitative estimate of drug-likeness (QED) is 0.686. The Morgan fingerprint density at radius 3 is 2.55 bits per heavy atom. The van der Waals surface area contributed by atoms with Crippen molar-refractivity contribution in [3.05, 3.63) is 58.5 Å². The van der Waals surface area contributed by atoms with Gasteiger partial charge in [0.15, 0.2) is 5.82 Å². The van der Waals surface area contributed by atoms with Crippen LogP contribution in [0.2, 0.25) is 0 Å². The maximum atomic E-state index is 15.0. The van der Waals surface area contributed by atoms with Gasteiger partial charge in [0.2, 0.25) is 0 Å². The Kier molecular flexibility index (Phi) is 5.75. The third kappa shape index (κ3) is 4.04. The molecule has 7 heteroatoms. The van der Waals surface area contributed by atoms with Crippen LogP contribution in [0.3, 0.4) is 0 Å². The monoisotopic (exact) mass is 418 g/mol. The second-order valence-corrected chi connectivity index (χ2v) is 8.27. The fourth-order valence-electron chi connectivity index (χ4n) is 4.21. The summed E-state index contributed by atoms with van der Waals surface area (Å²) in [7, 11) is 2.08. The zero-order valence-electron chi connectivity index (χ0n) is 18.4. The van der Waals surface area contributed by atoms with Crippen molar-refractivity contribution in [3.8, 4) is 6.07 Å². The van der Waals surface area contributed by atoms with Crippen molar-refractivity contribution in [2.45, 2.75) is 26.8 Å². The molecule has 0 bridgehead atoms. The van der Waals surface area contributed by atoms with Gasteiger partial charge in [-0.15, -0.1) is 5.10 Å². The van der Waals surface area contributed by atoms with Crippen molar-refractivity contribution in [1.82, 2.24) is 15.1 Å². The van der Waals surface area contributed by atoms with E-state index in [2.05, 4.69) is 38.4 Å². The van der Waals surface area contributed by atoms with Gasteiger partial charge in [0, 0.05) is 37.0 Å². The smallest absolute Gasteiger partial charge is 0.157 e. The van der Waals surface area contributed by atoms with E-state index in [4.69, 9.17) is 0 Å². The summed E-state index contributed by atoms with van der Waals surface area (Å²) in [6.07, 6.45) is 0. The number of aromatic nitrogens is 2. The van der Waals surface area contributed by atoms with E-state index >= 15 is 4.39 Å². The first-order valence-electron chi connectivity index (χ1n) is 10.5. The third-order valence-electron chi connectivity index (χ3n) is 6.19. The lowest BCUT2D eigenvalue weighted by Gasteiger charge is -2.34. The Morgan fingerprint density at radius 2 is 1.84 bits per heavy atom. The number of benzene rings is 2. The van der Waals surface area contributed by atoms with Crippen LogP contribution in [0.15, 0.2) is 30.3 Å². The number of piperazine rings is 1. The van der Waals surface area contributed by atoms with E-state index in [0.29, 0.717) is 22.8 Å². The Balaban J connectivity index is 1.73. The Morgan fingerprint density at radius 1 is 1.10 bits per heavy atom. The maximum Gasteiger partial charge on any atom is 0.157 e. The van der Waals surface area contributed by atoms with Crippen LogP contribution in [0.5, 0.6) is 0 Å². The van der Waals surface area contributed by atoms with Crippen molar-refractivity contribution in [3.63, 3.8) is 0 Å². The number of hydrogen-bond acceptors (Lipinski definition) is 6. The highest BCUT2D eigenvalue weighted by atomic mass is 19.1. The minimum atomic E-state index is -0.232. The van der Waals surface area contributed by atoms with Gasteiger partial charge in [-0.3, -0.25) is 0 Å². The van der Waals surface area contributed by atoms with E-state index in [-0.39, 0.29) is 11.9 Å². The SMILES string of the molecule is Cc1c(C#N)cccc1[C@@H](C)Nc1nnc(C)c2cc(F)c(N3CCN(C)CC3)cc12. The largest absolute Gasteiger partial charge is 0.367 e. The maximum absolute atomic E-state index is 15.0. The molecule has 3 aromatic rings. The second kappa shape index (κ2) is 8.48. The molecule has 0 amide bonds. The highest BCUT2D eigenvalue weighted by molar-refractivity contribution is 5.95. The number of halogens is 1. The lowest BCUT2D eigenvalue weighted by Crippen LogP contribution is -2.44. The molecular formula is C24H27FN6. The average molecular weight is 419 g/mol. The second-order valence-electron chi connectivity index (χ2n) is 8.27.